The summed E-state index contributed by atoms with van der Waals surface area (Å²) in [6, 6.07) is 10.5. The third kappa shape index (κ3) is 4.44. The van der Waals surface area contributed by atoms with E-state index in [1.807, 2.05) is 27.7 Å². The minimum absolute atomic E-state index is 1.11. The van der Waals surface area contributed by atoms with Crippen molar-refractivity contribution in [2.24, 2.45) is 0 Å². The molecule has 0 aliphatic rings. The summed E-state index contributed by atoms with van der Waals surface area (Å²) in [4.78, 5) is 0. The van der Waals surface area contributed by atoms with E-state index in [2.05, 4.69) is 69.1 Å². The average molecular weight is 360 g/mol. The topological polar surface area (TPSA) is 0 Å². The number of aryl methyl sites for hydroxylation is 1. The first-order chi connectivity index (χ1) is 8.18. The summed E-state index contributed by atoms with van der Waals surface area (Å²) in [5.74, 6) is 0. The maximum Gasteiger partial charge on any atom is 0.0265 e. The van der Waals surface area contributed by atoms with Gasteiger partial charge in [0.1, 0.15) is 0 Å². The zero-order chi connectivity index (χ0) is 13.4. The summed E-state index contributed by atoms with van der Waals surface area (Å²) in [5.41, 5.74) is 1.31. The van der Waals surface area contributed by atoms with Crippen molar-refractivity contribution in [3.63, 3.8) is 0 Å². The molecule has 2 rings (SSSR count). The fourth-order valence-electron chi connectivity index (χ4n) is 1.46. The fourth-order valence-corrected chi connectivity index (χ4v) is 2.82. The van der Waals surface area contributed by atoms with Crippen LogP contribution in [-0.4, -0.2) is 0 Å². The molecule has 0 fully saturated rings. The van der Waals surface area contributed by atoms with E-state index in [1.54, 1.807) is 0 Å². The molecule has 0 atom stereocenters. The van der Waals surface area contributed by atoms with Crippen LogP contribution in [0, 0.1) is 6.92 Å². The molecule has 0 aliphatic carbocycles. The highest BCUT2D eigenvalue weighted by molar-refractivity contribution is 9.11. The third-order valence-electron chi connectivity index (χ3n) is 2.13. The van der Waals surface area contributed by atoms with Crippen LogP contribution in [0.2, 0.25) is 0 Å². The fraction of sp³-hybridized carbons (Fsp3) is 0.333. The molecule has 0 spiro atoms. The molecule has 0 aromatic heterocycles. The zero-order valence-corrected chi connectivity index (χ0v) is 14.3. The highest BCUT2D eigenvalue weighted by Crippen LogP contribution is 2.29. The molecular weight excluding hydrogens is 340 g/mol. The van der Waals surface area contributed by atoms with Crippen molar-refractivity contribution in [1.82, 2.24) is 0 Å². The summed E-state index contributed by atoms with van der Waals surface area (Å²) in [7, 11) is 0. The van der Waals surface area contributed by atoms with Gasteiger partial charge < -0.3 is 0 Å². The molecule has 0 radical (unpaired) electrons. The number of benzene rings is 2. The summed E-state index contributed by atoms with van der Waals surface area (Å²) in [5, 5.41) is 2.56. The summed E-state index contributed by atoms with van der Waals surface area (Å²) in [6.45, 7) is 10.1. The van der Waals surface area contributed by atoms with Crippen molar-refractivity contribution in [2.45, 2.75) is 34.6 Å². The molecule has 2 aromatic rings. The van der Waals surface area contributed by atoms with Crippen LogP contribution in [0.3, 0.4) is 0 Å². The first-order valence-electron chi connectivity index (χ1n) is 6.03. The second-order valence-electron chi connectivity index (χ2n) is 3.06. The van der Waals surface area contributed by atoms with Gasteiger partial charge in [0.05, 0.1) is 0 Å². The Balaban J connectivity index is 0.000000581. The van der Waals surface area contributed by atoms with E-state index < -0.39 is 0 Å². The average Bonchev–Trinajstić information content (AvgIpc) is 2.36. The molecule has 94 valence electrons. The van der Waals surface area contributed by atoms with Crippen LogP contribution in [0.1, 0.15) is 33.3 Å². The predicted molar refractivity (Wildman–Crippen MR) is 86.8 cm³/mol. The summed E-state index contributed by atoms with van der Waals surface area (Å²) in [6.07, 6.45) is 0. The van der Waals surface area contributed by atoms with Gasteiger partial charge in [0.25, 0.3) is 0 Å². The lowest BCUT2D eigenvalue weighted by atomic mass is 10.1. The van der Waals surface area contributed by atoms with E-state index >= 15 is 0 Å². The molecule has 0 nitrogen and oxygen atoms in total. The second kappa shape index (κ2) is 8.71. The molecule has 2 heteroatoms. The summed E-state index contributed by atoms with van der Waals surface area (Å²) < 4.78 is 2.25. The first-order valence-corrected chi connectivity index (χ1v) is 7.61. The first kappa shape index (κ1) is 16.7. The van der Waals surface area contributed by atoms with E-state index in [-0.39, 0.29) is 0 Å². The van der Waals surface area contributed by atoms with Crippen molar-refractivity contribution in [3.8, 4) is 0 Å². The monoisotopic (exact) mass is 358 g/mol. The van der Waals surface area contributed by atoms with Crippen LogP contribution < -0.4 is 0 Å². The quantitative estimate of drug-likeness (QED) is 0.489. The largest absolute Gasteiger partial charge is 0.0683 e. The Bertz CT molecular complexity index is 462. The van der Waals surface area contributed by atoms with E-state index in [1.165, 1.54) is 16.3 Å². The van der Waals surface area contributed by atoms with Gasteiger partial charge in [-0.1, -0.05) is 77.8 Å². The smallest absolute Gasteiger partial charge is 0.0265 e. The Hall–Kier alpha value is -0.340. The third-order valence-corrected chi connectivity index (χ3v) is 3.24. The van der Waals surface area contributed by atoms with Crippen molar-refractivity contribution in [1.29, 1.82) is 0 Å². The number of hydrogen-bond donors (Lipinski definition) is 0. The standard InChI is InChI=1S/C11H8Br2.2C2H6/c1-7-3-2-4-9-10(7)5-8(12)6-11(9)13;2*1-2/h2-6H,1H3;2*1-2H3. The van der Waals surface area contributed by atoms with Gasteiger partial charge in [0.15, 0.2) is 0 Å². The Morgan fingerprint density at radius 1 is 0.824 bits per heavy atom. The lowest BCUT2D eigenvalue weighted by molar-refractivity contribution is 1.50. The zero-order valence-electron chi connectivity index (χ0n) is 11.1. The molecule has 0 saturated heterocycles. The van der Waals surface area contributed by atoms with Crippen LogP contribution in [-0.2, 0) is 0 Å². The Morgan fingerprint density at radius 3 is 2.00 bits per heavy atom. The van der Waals surface area contributed by atoms with Crippen molar-refractivity contribution >= 4 is 42.6 Å². The minimum atomic E-state index is 1.11. The van der Waals surface area contributed by atoms with Gasteiger partial charge in [-0.15, -0.1) is 0 Å². The molecule has 0 heterocycles. The Kier molecular flexibility index (Phi) is 8.53. The molecule has 2 aromatic carbocycles. The number of halogens is 2. The van der Waals surface area contributed by atoms with E-state index in [4.69, 9.17) is 0 Å². The van der Waals surface area contributed by atoms with Crippen molar-refractivity contribution in [2.75, 3.05) is 0 Å². The maximum absolute atomic E-state index is 3.55. The van der Waals surface area contributed by atoms with Gasteiger partial charge in [-0.05, 0) is 35.4 Å². The van der Waals surface area contributed by atoms with E-state index in [9.17, 15) is 0 Å². The van der Waals surface area contributed by atoms with Crippen molar-refractivity contribution in [3.05, 3.63) is 44.8 Å². The Labute approximate surface area is 122 Å². The van der Waals surface area contributed by atoms with E-state index in [0.717, 1.165) is 8.95 Å². The van der Waals surface area contributed by atoms with Gasteiger partial charge >= 0.3 is 0 Å². The van der Waals surface area contributed by atoms with Gasteiger partial charge in [0.2, 0.25) is 0 Å². The molecule has 17 heavy (non-hydrogen) atoms. The van der Waals surface area contributed by atoms with Gasteiger partial charge in [-0.3, -0.25) is 0 Å². The minimum Gasteiger partial charge on any atom is -0.0683 e. The predicted octanol–water partition coefficient (Wildman–Crippen LogP) is 6.73. The Morgan fingerprint density at radius 2 is 1.41 bits per heavy atom. The lowest BCUT2D eigenvalue weighted by Gasteiger charge is -2.04. The highest BCUT2D eigenvalue weighted by atomic mass is 79.9. The highest BCUT2D eigenvalue weighted by Gasteiger charge is 2.01. The van der Waals surface area contributed by atoms with Crippen LogP contribution in [0.4, 0.5) is 0 Å². The molecule has 0 unspecified atom stereocenters. The number of hydrogen-bond acceptors (Lipinski definition) is 0. The lowest BCUT2D eigenvalue weighted by Crippen LogP contribution is -1.79. The van der Waals surface area contributed by atoms with Gasteiger partial charge in [-0.25, -0.2) is 0 Å². The van der Waals surface area contributed by atoms with Gasteiger partial charge in [-0.2, -0.15) is 0 Å². The van der Waals surface area contributed by atoms with Crippen LogP contribution >= 0.6 is 31.9 Å². The van der Waals surface area contributed by atoms with Crippen LogP contribution in [0.5, 0.6) is 0 Å². The molecule has 0 aliphatic heterocycles. The van der Waals surface area contributed by atoms with Crippen molar-refractivity contribution < 1.29 is 0 Å². The maximum atomic E-state index is 3.55. The SMILES string of the molecule is CC.CC.Cc1cccc2c(Br)cc(Br)cc12. The van der Waals surface area contributed by atoms with E-state index in [0.29, 0.717) is 0 Å². The molecular formula is C15H20Br2. The normalized spacial score (nSPS) is 8.88. The van der Waals surface area contributed by atoms with Gasteiger partial charge in [0, 0.05) is 8.95 Å². The summed E-state index contributed by atoms with van der Waals surface area (Å²) >= 11 is 7.04. The molecule has 0 bridgehead atoms. The molecule has 0 saturated carbocycles. The molecule has 0 amide bonds. The van der Waals surface area contributed by atoms with Crippen LogP contribution in [0.25, 0.3) is 10.8 Å². The number of fused-ring (bicyclic) bond motifs is 1. The second-order valence-corrected chi connectivity index (χ2v) is 4.83. The molecule has 0 N–H and O–H groups in total. The van der Waals surface area contributed by atoms with Crippen LogP contribution in [0.15, 0.2) is 39.3 Å². The number of rotatable bonds is 0.